The van der Waals surface area contributed by atoms with Gasteiger partial charge in [-0.25, -0.2) is 0 Å². The van der Waals surface area contributed by atoms with Crippen molar-refractivity contribution in [1.82, 2.24) is 0 Å². The summed E-state index contributed by atoms with van der Waals surface area (Å²) in [5.74, 6) is -0.0775. The Morgan fingerprint density at radius 3 is 2.15 bits per heavy atom. The molecule has 0 atom stereocenters. The van der Waals surface area contributed by atoms with Crippen molar-refractivity contribution >= 4 is 44.6 Å². The summed E-state index contributed by atoms with van der Waals surface area (Å²) >= 11 is 7.99. The second-order valence-corrected chi connectivity index (χ2v) is 7.38. The highest BCUT2D eigenvalue weighted by atomic mass is 35.5. The van der Waals surface area contributed by atoms with Gasteiger partial charge in [0.2, 0.25) is 0 Å². The van der Waals surface area contributed by atoms with E-state index in [0.717, 1.165) is 21.3 Å². The molecule has 4 aromatic rings. The number of hydrogen-bond donors (Lipinski definition) is 0. The third-order valence-electron chi connectivity index (χ3n) is 4.23. The Labute approximate surface area is 161 Å². The van der Waals surface area contributed by atoms with E-state index in [4.69, 9.17) is 11.6 Å². The highest BCUT2D eigenvalue weighted by Gasteiger charge is 2.24. The number of carbonyl (C=O) groups excluding carboxylic acids is 1. The number of carbonyl (C=O) groups is 1. The number of nitrogens with zero attached hydrogens (tertiary/aromatic N) is 1. The quantitative estimate of drug-likeness (QED) is 0.403. The molecule has 0 unspecified atom stereocenters. The number of amides is 1. The summed E-state index contributed by atoms with van der Waals surface area (Å²) in [4.78, 5) is 15.8. The lowest BCUT2D eigenvalue weighted by atomic mass is 10.2. The number of thiophene rings is 1. The topological polar surface area (TPSA) is 20.3 Å². The lowest BCUT2D eigenvalue weighted by Gasteiger charge is -2.22. The van der Waals surface area contributed by atoms with E-state index in [9.17, 15) is 4.79 Å². The number of halogens is 1. The van der Waals surface area contributed by atoms with Crippen LogP contribution in [0.4, 0.5) is 5.69 Å². The standard InChI is InChI=1S/C22H16ClNOS/c23-20-18-13-7-8-14-19(18)26-21(20)22(25)24(17-11-5-2-6-12-17)15-16-9-3-1-4-10-16/h1-14H,15H2. The molecule has 0 N–H and O–H groups in total. The molecular formula is C22H16ClNOS. The minimum atomic E-state index is -0.0775. The maximum absolute atomic E-state index is 13.4. The van der Waals surface area contributed by atoms with Crippen LogP contribution in [0.15, 0.2) is 84.9 Å². The van der Waals surface area contributed by atoms with Gasteiger partial charge in [-0.2, -0.15) is 0 Å². The first-order chi connectivity index (χ1) is 12.7. The SMILES string of the molecule is O=C(c1sc2ccccc2c1Cl)N(Cc1ccccc1)c1ccccc1. The normalized spacial score (nSPS) is 10.8. The molecule has 3 aromatic carbocycles. The molecule has 0 saturated carbocycles. The monoisotopic (exact) mass is 377 g/mol. The summed E-state index contributed by atoms with van der Waals surface area (Å²) in [6, 6.07) is 27.5. The molecule has 2 nitrogen and oxygen atoms in total. The molecule has 4 heteroatoms. The molecule has 1 heterocycles. The van der Waals surface area contributed by atoms with E-state index in [2.05, 4.69) is 0 Å². The highest BCUT2D eigenvalue weighted by molar-refractivity contribution is 7.21. The van der Waals surface area contributed by atoms with Crippen molar-refractivity contribution in [2.45, 2.75) is 6.54 Å². The average Bonchev–Trinajstić information content (AvgIpc) is 3.04. The lowest BCUT2D eigenvalue weighted by molar-refractivity contribution is 0.0989. The highest BCUT2D eigenvalue weighted by Crippen LogP contribution is 2.36. The fraction of sp³-hybridized carbons (Fsp3) is 0.0455. The Bertz CT molecular complexity index is 1040. The Morgan fingerprint density at radius 1 is 0.846 bits per heavy atom. The molecule has 0 fully saturated rings. The van der Waals surface area contributed by atoms with Gasteiger partial charge < -0.3 is 4.90 Å². The van der Waals surface area contributed by atoms with Crippen LogP contribution in [0.1, 0.15) is 15.2 Å². The first-order valence-corrected chi connectivity index (χ1v) is 9.51. The Morgan fingerprint density at radius 2 is 1.46 bits per heavy atom. The van der Waals surface area contributed by atoms with Gasteiger partial charge in [0, 0.05) is 15.8 Å². The zero-order valence-electron chi connectivity index (χ0n) is 13.9. The summed E-state index contributed by atoms with van der Waals surface area (Å²) in [7, 11) is 0. The van der Waals surface area contributed by atoms with Crippen LogP contribution in [0.25, 0.3) is 10.1 Å². The number of benzene rings is 3. The fourth-order valence-corrected chi connectivity index (χ4v) is 4.39. The van der Waals surface area contributed by atoms with Gasteiger partial charge in [-0.15, -0.1) is 11.3 Å². The Balaban J connectivity index is 1.77. The summed E-state index contributed by atoms with van der Waals surface area (Å²) in [5, 5.41) is 1.46. The van der Waals surface area contributed by atoms with Gasteiger partial charge in [-0.1, -0.05) is 78.3 Å². The second kappa shape index (κ2) is 7.32. The van der Waals surface area contributed by atoms with Gasteiger partial charge in [-0.05, 0) is 23.8 Å². The smallest absolute Gasteiger partial charge is 0.270 e. The molecule has 4 rings (SSSR count). The van der Waals surface area contributed by atoms with Crippen molar-refractivity contribution in [1.29, 1.82) is 0 Å². The van der Waals surface area contributed by atoms with E-state index < -0.39 is 0 Å². The van der Waals surface area contributed by atoms with E-state index in [1.807, 2.05) is 84.9 Å². The zero-order valence-corrected chi connectivity index (χ0v) is 15.5. The first kappa shape index (κ1) is 16.8. The molecule has 0 saturated heterocycles. The third-order valence-corrected chi connectivity index (χ3v) is 5.89. The Kier molecular flexibility index (Phi) is 4.74. The molecule has 0 radical (unpaired) electrons. The van der Waals surface area contributed by atoms with E-state index >= 15 is 0 Å². The molecule has 1 amide bonds. The van der Waals surface area contributed by atoms with E-state index in [0.29, 0.717) is 16.4 Å². The molecule has 0 aliphatic rings. The van der Waals surface area contributed by atoms with Gasteiger partial charge in [0.1, 0.15) is 4.88 Å². The van der Waals surface area contributed by atoms with Gasteiger partial charge in [-0.3, -0.25) is 4.79 Å². The number of hydrogen-bond acceptors (Lipinski definition) is 2. The predicted octanol–water partition coefficient (Wildman–Crippen LogP) is 6.40. The average molecular weight is 378 g/mol. The first-order valence-electron chi connectivity index (χ1n) is 8.32. The van der Waals surface area contributed by atoms with Crippen LogP contribution in [0.2, 0.25) is 5.02 Å². The van der Waals surface area contributed by atoms with Gasteiger partial charge >= 0.3 is 0 Å². The van der Waals surface area contributed by atoms with Crippen LogP contribution in [0.5, 0.6) is 0 Å². The predicted molar refractivity (Wildman–Crippen MR) is 110 cm³/mol. The third kappa shape index (κ3) is 3.24. The molecule has 0 spiro atoms. The molecule has 0 bridgehead atoms. The summed E-state index contributed by atoms with van der Waals surface area (Å²) in [6.07, 6.45) is 0. The van der Waals surface area contributed by atoms with Crippen LogP contribution in [0, 0.1) is 0 Å². The molecule has 0 aliphatic heterocycles. The van der Waals surface area contributed by atoms with Crippen molar-refractivity contribution in [3.05, 3.63) is 100 Å². The maximum atomic E-state index is 13.4. The van der Waals surface area contributed by atoms with Crippen molar-refractivity contribution < 1.29 is 4.79 Å². The molecule has 26 heavy (non-hydrogen) atoms. The van der Waals surface area contributed by atoms with Crippen LogP contribution in [0.3, 0.4) is 0 Å². The molecule has 0 aliphatic carbocycles. The van der Waals surface area contributed by atoms with Crippen molar-refractivity contribution in [2.24, 2.45) is 0 Å². The number of fused-ring (bicyclic) bond motifs is 1. The van der Waals surface area contributed by atoms with Crippen molar-refractivity contribution in [2.75, 3.05) is 4.90 Å². The second-order valence-electron chi connectivity index (χ2n) is 5.95. The number of rotatable bonds is 4. The molecular weight excluding hydrogens is 362 g/mol. The van der Waals surface area contributed by atoms with Gasteiger partial charge in [0.25, 0.3) is 5.91 Å². The summed E-state index contributed by atoms with van der Waals surface area (Å²) in [6.45, 7) is 0.494. The summed E-state index contributed by atoms with van der Waals surface area (Å²) in [5.41, 5.74) is 1.93. The van der Waals surface area contributed by atoms with Crippen molar-refractivity contribution in [3.63, 3.8) is 0 Å². The minimum Gasteiger partial charge on any atom is -0.303 e. The maximum Gasteiger partial charge on any atom is 0.270 e. The molecule has 1 aromatic heterocycles. The fourth-order valence-electron chi connectivity index (χ4n) is 2.93. The van der Waals surface area contributed by atoms with Crippen LogP contribution < -0.4 is 4.90 Å². The van der Waals surface area contributed by atoms with Gasteiger partial charge in [0.15, 0.2) is 0 Å². The van der Waals surface area contributed by atoms with Gasteiger partial charge in [0.05, 0.1) is 11.6 Å². The van der Waals surface area contributed by atoms with Crippen molar-refractivity contribution in [3.8, 4) is 0 Å². The zero-order chi connectivity index (χ0) is 17.9. The van der Waals surface area contributed by atoms with Crippen LogP contribution >= 0.6 is 22.9 Å². The van der Waals surface area contributed by atoms with E-state index in [1.54, 1.807) is 4.90 Å². The van der Waals surface area contributed by atoms with E-state index in [-0.39, 0.29) is 5.91 Å². The van der Waals surface area contributed by atoms with Crippen LogP contribution in [-0.4, -0.2) is 5.91 Å². The summed E-state index contributed by atoms with van der Waals surface area (Å²) < 4.78 is 1.02. The Hall–Kier alpha value is -2.62. The number of anilines is 1. The van der Waals surface area contributed by atoms with Crippen LogP contribution in [-0.2, 0) is 6.54 Å². The van der Waals surface area contributed by atoms with E-state index in [1.165, 1.54) is 11.3 Å². The lowest BCUT2D eigenvalue weighted by Crippen LogP contribution is -2.29. The molecule has 128 valence electrons. The minimum absolute atomic E-state index is 0.0775. The number of para-hydroxylation sites is 1. The largest absolute Gasteiger partial charge is 0.303 e.